The molecule has 1 aromatic rings. The van der Waals surface area contributed by atoms with Gasteiger partial charge in [0.1, 0.15) is 0 Å². The molecule has 18 heavy (non-hydrogen) atoms. The van der Waals surface area contributed by atoms with E-state index in [0.717, 1.165) is 4.88 Å². The minimum Gasteiger partial charge on any atom is -0.294 e. The summed E-state index contributed by atoms with van der Waals surface area (Å²) in [5.74, 6) is -1.93. The lowest BCUT2D eigenvalue weighted by atomic mass is 10.1. The number of nitrogens with zero attached hydrogens (tertiary/aromatic N) is 2. The molecular weight excluding hydrogens is 261 g/mol. The zero-order valence-corrected chi connectivity index (χ0v) is 11.1. The molecule has 0 spiro atoms. The van der Waals surface area contributed by atoms with Crippen LogP contribution in [0.1, 0.15) is 18.7 Å². The Morgan fingerprint density at radius 2 is 2.11 bits per heavy atom. The molecule has 1 heterocycles. The zero-order chi connectivity index (χ0) is 13.8. The fraction of sp³-hybridized carbons (Fsp3) is 0.583. The quantitative estimate of drug-likeness (QED) is 0.820. The van der Waals surface area contributed by atoms with E-state index in [9.17, 15) is 13.2 Å². The van der Waals surface area contributed by atoms with Crippen LogP contribution in [0.2, 0.25) is 0 Å². The Kier molecular flexibility index (Phi) is 5.17. The average Bonchev–Trinajstić information content (AvgIpc) is 2.74. The number of hydrogen-bond donors (Lipinski definition) is 0. The monoisotopic (exact) mass is 276 g/mol. The SMILES string of the molecule is CC(C)N(Cc1cccs1)CC(C#N)C(F)(F)F. The molecular formula is C12H15F3N2S. The van der Waals surface area contributed by atoms with Crippen LogP contribution >= 0.6 is 11.3 Å². The molecule has 1 atom stereocenters. The lowest BCUT2D eigenvalue weighted by molar-refractivity contribution is -0.164. The van der Waals surface area contributed by atoms with Crippen LogP contribution in [0.5, 0.6) is 0 Å². The van der Waals surface area contributed by atoms with Crippen molar-refractivity contribution in [3.63, 3.8) is 0 Å². The molecule has 0 radical (unpaired) electrons. The Hall–Kier alpha value is -1.06. The van der Waals surface area contributed by atoms with Crippen LogP contribution in [0.4, 0.5) is 13.2 Å². The molecule has 2 nitrogen and oxygen atoms in total. The van der Waals surface area contributed by atoms with E-state index in [4.69, 9.17) is 5.26 Å². The van der Waals surface area contributed by atoms with Gasteiger partial charge in [-0.05, 0) is 25.3 Å². The van der Waals surface area contributed by atoms with E-state index in [1.54, 1.807) is 4.90 Å². The number of thiophene rings is 1. The van der Waals surface area contributed by atoms with Crippen molar-refractivity contribution in [2.45, 2.75) is 32.6 Å². The first-order valence-electron chi connectivity index (χ1n) is 5.57. The number of rotatable bonds is 5. The highest BCUT2D eigenvalue weighted by molar-refractivity contribution is 7.09. The number of hydrogen-bond acceptors (Lipinski definition) is 3. The lowest BCUT2D eigenvalue weighted by Crippen LogP contribution is -2.39. The highest BCUT2D eigenvalue weighted by atomic mass is 32.1. The van der Waals surface area contributed by atoms with Gasteiger partial charge in [-0.25, -0.2) is 0 Å². The first-order chi connectivity index (χ1) is 8.34. The Bertz CT molecular complexity index is 392. The summed E-state index contributed by atoms with van der Waals surface area (Å²) in [6, 6.07) is 5.06. The van der Waals surface area contributed by atoms with Gasteiger partial charge in [-0.2, -0.15) is 18.4 Å². The molecule has 0 saturated heterocycles. The highest BCUT2D eigenvalue weighted by Gasteiger charge is 2.41. The Balaban J connectivity index is 2.72. The van der Waals surface area contributed by atoms with Crippen LogP contribution in [0.3, 0.4) is 0 Å². The van der Waals surface area contributed by atoms with E-state index < -0.39 is 12.1 Å². The molecule has 0 saturated carbocycles. The number of alkyl halides is 3. The summed E-state index contributed by atoms with van der Waals surface area (Å²) in [7, 11) is 0. The second-order valence-electron chi connectivity index (χ2n) is 4.33. The van der Waals surface area contributed by atoms with Gasteiger partial charge in [0.05, 0.1) is 6.07 Å². The first-order valence-corrected chi connectivity index (χ1v) is 6.45. The van der Waals surface area contributed by atoms with E-state index in [1.807, 2.05) is 31.4 Å². The van der Waals surface area contributed by atoms with Crippen LogP contribution in [0.15, 0.2) is 17.5 Å². The van der Waals surface area contributed by atoms with Gasteiger partial charge < -0.3 is 0 Å². The third-order valence-electron chi connectivity index (χ3n) is 2.64. The second kappa shape index (κ2) is 6.21. The standard InChI is InChI=1S/C12H15F3N2S/c1-9(2)17(8-11-4-3-5-18-11)7-10(6-16)12(13,14)15/h3-5,9-10H,7-8H2,1-2H3. The molecule has 1 unspecified atom stereocenters. The van der Waals surface area contributed by atoms with Crippen molar-refractivity contribution < 1.29 is 13.2 Å². The molecule has 0 aromatic carbocycles. The van der Waals surface area contributed by atoms with Crippen LogP contribution < -0.4 is 0 Å². The minimum atomic E-state index is -4.46. The maximum absolute atomic E-state index is 12.6. The van der Waals surface area contributed by atoms with Gasteiger partial charge in [0.2, 0.25) is 0 Å². The van der Waals surface area contributed by atoms with Crippen molar-refractivity contribution in [3.8, 4) is 6.07 Å². The molecule has 0 fully saturated rings. The third kappa shape index (κ3) is 4.31. The molecule has 0 amide bonds. The van der Waals surface area contributed by atoms with E-state index >= 15 is 0 Å². The molecule has 100 valence electrons. The largest absolute Gasteiger partial charge is 0.405 e. The average molecular weight is 276 g/mol. The van der Waals surface area contributed by atoms with Crippen molar-refractivity contribution in [3.05, 3.63) is 22.4 Å². The molecule has 0 aliphatic rings. The Labute approximate surface area is 109 Å². The molecule has 1 aromatic heterocycles. The van der Waals surface area contributed by atoms with Crippen LogP contribution in [-0.2, 0) is 6.54 Å². The topological polar surface area (TPSA) is 27.0 Å². The van der Waals surface area contributed by atoms with E-state index in [-0.39, 0.29) is 12.6 Å². The van der Waals surface area contributed by atoms with Gasteiger partial charge in [-0.1, -0.05) is 6.07 Å². The Morgan fingerprint density at radius 1 is 1.44 bits per heavy atom. The van der Waals surface area contributed by atoms with Crippen molar-refractivity contribution in [2.24, 2.45) is 5.92 Å². The highest BCUT2D eigenvalue weighted by Crippen LogP contribution is 2.27. The number of nitriles is 1. The van der Waals surface area contributed by atoms with Crippen molar-refractivity contribution in [1.82, 2.24) is 4.90 Å². The van der Waals surface area contributed by atoms with Gasteiger partial charge in [0, 0.05) is 24.0 Å². The van der Waals surface area contributed by atoms with Crippen molar-refractivity contribution in [1.29, 1.82) is 5.26 Å². The minimum absolute atomic E-state index is 0.0368. The fourth-order valence-corrected chi connectivity index (χ4v) is 2.24. The summed E-state index contributed by atoms with van der Waals surface area (Å²) in [6.07, 6.45) is -4.46. The van der Waals surface area contributed by atoms with Gasteiger partial charge in [0.25, 0.3) is 0 Å². The van der Waals surface area contributed by atoms with Crippen LogP contribution in [0.25, 0.3) is 0 Å². The molecule has 0 aliphatic carbocycles. The van der Waals surface area contributed by atoms with Gasteiger partial charge >= 0.3 is 6.18 Å². The maximum atomic E-state index is 12.6. The zero-order valence-electron chi connectivity index (χ0n) is 10.2. The fourth-order valence-electron chi connectivity index (χ4n) is 1.51. The molecule has 0 N–H and O–H groups in total. The van der Waals surface area contributed by atoms with Crippen LogP contribution in [-0.4, -0.2) is 23.7 Å². The van der Waals surface area contributed by atoms with E-state index in [1.165, 1.54) is 17.4 Å². The van der Waals surface area contributed by atoms with Gasteiger partial charge in [-0.3, -0.25) is 4.90 Å². The van der Waals surface area contributed by atoms with Crippen molar-refractivity contribution in [2.75, 3.05) is 6.54 Å². The number of halogens is 3. The summed E-state index contributed by atoms with van der Waals surface area (Å²) in [4.78, 5) is 2.68. The predicted octanol–water partition coefficient (Wildman–Crippen LogP) is 3.66. The molecule has 0 bridgehead atoms. The van der Waals surface area contributed by atoms with Crippen LogP contribution in [0, 0.1) is 17.2 Å². The van der Waals surface area contributed by atoms with Crippen molar-refractivity contribution >= 4 is 11.3 Å². The van der Waals surface area contributed by atoms with E-state index in [2.05, 4.69) is 0 Å². The molecule has 1 rings (SSSR count). The Morgan fingerprint density at radius 3 is 2.50 bits per heavy atom. The first kappa shape index (κ1) is 15.0. The molecule has 6 heteroatoms. The van der Waals surface area contributed by atoms with Gasteiger partial charge in [0.15, 0.2) is 5.92 Å². The summed E-state index contributed by atoms with van der Waals surface area (Å²) < 4.78 is 37.7. The van der Waals surface area contributed by atoms with E-state index in [0.29, 0.717) is 6.54 Å². The third-order valence-corrected chi connectivity index (χ3v) is 3.50. The summed E-state index contributed by atoms with van der Waals surface area (Å²) in [5, 5.41) is 10.5. The normalized spacial score (nSPS) is 13.9. The summed E-state index contributed by atoms with van der Waals surface area (Å²) in [6.45, 7) is 3.83. The smallest absolute Gasteiger partial charge is 0.294 e. The maximum Gasteiger partial charge on any atom is 0.405 e. The summed E-state index contributed by atoms with van der Waals surface area (Å²) >= 11 is 1.51. The lowest BCUT2D eigenvalue weighted by Gasteiger charge is -2.28. The second-order valence-corrected chi connectivity index (χ2v) is 5.36. The molecule has 0 aliphatic heterocycles. The predicted molar refractivity (Wildman–Crippen MR) is 65.0 cm³/mol. The summed E-state index contributed by atoms with van der Waals surface area (Å²) in [5.41, 5.74) is 0. The van der Waals surface area contributed by atoms with Gasteiger partial charge in [-0.15, -0.1) is 11.3 Å².